The third-order valence-electron chi connectivity index (χ3n) is 3.51. The van der Waals surface area contributed by atoms with E-state index in [0.717, 1.165) is 0 Å². The molecule has 0 aromatic heterocycles. The second-order valence-electron chi connectivity index (χ2n) is 5.39. The third-order valence-corrected chi connectivity index (χ3v) is 3.51. The molecular formula is C17H23N3O7. The molecule has 1 aromatic rings. The van der Waals surface area contributed by atoms with Gasteiger partial charge in [-0.15, -0.1) is 0 Å². The Balaban J connectivity index is 2.41. The van der Waals surface area contributed by atoms with Crippen molar-refractivity contribution in [1.82, 2.24) is 10.2 Å². The summed E-state index contributed by atoms with van der Waals surface area (Å²) >= 11 is 0. The number of ether oxygens (including phenoxy) is 2. The summed E-state index contributed by atoms with van der Waals surface area (Å²) in [7, 11) is 0. The van der Waals surface area contributed by atoms with Gasteiger partial charge in [-0.25, -0.2) is 4.79 Å². The van der Waals surface area contributed by atoms with Crippen molar-refractivity contribution in [2.45, 2.75) is 26.7 Å². The maximum atomic E-state index is 11.9. The summed E-state index contributed by atoms with van der Waals surface area (Å²) in [4.78, 5) is 46.3. The monoisotopic (exact) mass is 381 g/mol. The topological polar surface area (TPSA) is 128 Å². The van der Waals surface area contributed by atoms with E-state index in [-0.39, 0.29) is 42.8 Å². The number of carbonyl (C=O) groups is 3. The molecule has 0 saturated carbocycles. The summed E-state index contributed by atoms with van der Waals surface area (Å²) in [6, 6.07) is 4.97. The van der Waals surface area contributed by atoms with E-state index < -0.39 is 11.1 Å². The van der Waals surface area contributed by atoms with E-state index >= 15 is 0 Å². The fourth-order valence-corrected chi connectivity index (χ4v) is 2.04. The molecule has 27 heavy (non-hydrogen) atoms. The molecule has 0 aliphatic rings. The average Bonchev–Trinajstić information content (AvgIpc) is 2.66. The van der Waals surface area contributed by atoms with E-state index in [4.69, 9.17) is 9.47 Å². The molecule has 0 aliphatic carbocycles. The van der Waals surface area contributed by atoms with Gasteiger partial charge in [-0.05, 0) is 12.1 Å². The van der Waals surface area contributed by atoms with Crippen LogP contribution in [0.15, 0.2) is 24.3 Å². The van der Waals surface area contributed by atoms with Crippen molar-refractivity contribution < 1.29 is 28.8 Å². The van der Waals surface area contributed by atoms with Crippen LogP contribution < -0.4 is 10.1 Å². The summed E-state index contributed by atoms with van der Waals surface area (Å²) in [5.74, 6) is -0.135. The van der Waals surface area contributed by atoms with Crippen LogP contribution in [0.2, 0.25) is 0 Å². The number of nitrogens with zero attached hydrogens (tertiary/aromatic N) is 2. The highest BCUT2D eigenvalue weighted by atomic mass is 16.7. The summed E-state index contributed by atoms with van der Waals surface area (Å²) in [6.45, 7) is 4.13. The zero-order chi connectivity index (χ0) is 20.2. The molecule has 1 rings (SSSR count). The SMILES string of the molecule is CCC(=O)NCCN(CCOC(=O)Oc1ccc([N+](=O)[O-])cc1)C(=O)CC. The van der Waals surface area contributed by atoms with Gasteiger partial charge in [0, 0.05) is 38.1 Å². The standard InChI is InChI=1S/C17H23N3O7/c1-3-15(21)18-9-10-19(16(22)4-2)11-12-26-17(23)27-14-7-5-13(6-8-14)20(24)25/h5-8H,3-4,9-12H2,1-2H3,(H,18,21). The summed E-state index contributed by atoms with van der Waals surface area (Å²) in [5, 5.41) is 13.2. The van der Waals surface area contributed by atoms with E-state index in [0.29, 0.717) is 19.5 Å². The third kappa shape index (κ3) is 8.17. The number of amides is 2. The van der Waals surface area contributed by atoms with Crippen LogP contribution in [0.5, 0.6) is 5.75 Å². The van der Waals surface area contributed by atoms with Crippen molar-refractivity contribution in [1.29, 1.82) is 0 Å². The highest BCUT2D eigenvalue weighted by Gasteiger charge is 2.14. The zero-order valence-corrected chi connectivity index (χ0v) is 15.3. The van der Waals surface area contributed by atoms with E-state index in [2.05, 4.69) is 5.32 Å². The molecular weight excluding hydrogens is 358 g/mol. The van der Waals surface area contributed by atoms with Crippen molar-refractivity contribution in [2.24, 2.45) is 0 Å². The highest BCUT2D eigenvalue weighted by molar-refractivity contribution is 5.77. The van der Waals surface area contributed by atoms with Crippen LogP contribution in [-0.2, 0) is 14.3 Å². The Bertz CT molecular complexity index is 661. The first-order valence-electron chi connectivity index (χ1n) is 8.50. The van der Waals surface area contributed by atoms with Gasteiger partial charge in [-0.3, -0.25) is 19.7 Å². The Kier molecular flexibility index (Phi) is 9.27. The Morgan fingerprint density at radius 3 is 2.33 bits per heavy atom. The first-order valence-corrected chi connectivity index (χ1v) is 8.50. The number of rotatable bonds is 10. The first-order chi connectivity index (χ1) is 12.9. The van der Waals surface area contributed by atoms with Crippen molar-refractivity contribution in [3.05, 3.63) is 34.4 Å². The molecule has 0 aliphatic heterocycles. The number of non-ortho nitro benzene ring substituents is 1. The number of benzene rings is 1. The minimum Gasteiger partial charge on any atom is -0.432 e. The Morgan fingerprint density at radius 2 is 1.78 bits per heavy atom. The van der Waals surface area contributed by atoms with Crippen molar-refractivity contribution in [2.75, 3.05) is 26.2 Å². The molecule has 0 bridgehead atoms. The molecule has 0 heterocycles. The summed E-state index contributed by atoms with van der Waals surface area (Å²) < 4.78 is 9.82. The van der Waals surface area contributed by atoms with Crippen molar-refractivity contribution in [3.63, 3.8) is 0 Å². The molecule has 1 N–H and O–H groups in total. The molecule has 10 nitrogen and oxygen atoms in total. The lowest BCUT2D eigenvalue weighted by Gasteiger charge is -2.22. The van der Waals surface area contributed by atoms with Gasteiger partial charge in [0.05, 0.1) is 11.5 Å². The highest BCUT2D eigenvalue weighted by Crippen LogP contribution is 2.17. The summed E-state index contributed by atoms with van der Waals surface area (Å²) in [6.07, 6.45) is -0.332. The molecule has 148 valence electrons. The average molecular weight is 381 g/mol. The van der Waals surface area contributed by atoms with Gasteiger partial charge in [-0.1, -0.05) is 13.8 Å². The summed E-state index contributed by atoms with van der Waals surface area (Å²) in [5.41, 5.74) is -0.125. The van der Waals surface area contributed by atoms with Crippen LogP contribution >= 0.6 is 0 Å². The fraction of sp³-hybridized carbons (Fsp3) is 0.471. The number of hydrogen-bond acceptors (Lipinski definition) is 7. The van der Waals surface area contributed by atoms with E-state index in [1.807, 2.05) is 0 Å². The zero-order valence-electron chi connectivity index (χ0n) is 15.3. The predicted molar refractivity (Wildman–Crippen MR) is 95.2 cm³/mol. The molecule has 0 saturated heterocycles. The first kappa shape index (κ1) is 21.9. The predicted octanol–water partition coefficient (Wildman–Crippen LogP) is 1.88. The lowest BCUT2D eigenvalue weighted by molar-refractivity contribution is -0.384. The van der Waals surface area contributed by atoms with Crippen LogP contribution in [0.3, 0.4) is 0 Å². The molecule has 1 aromatic carbocycles. The maximum absolute atomic E-state index is 11.9. The molecule has 0 radical (unpaired) electrons. The minimum absolute atomic E-state index is 0.0840. The Hall–Kier alpha value is -3.17. The minimum atomic E-state index is -0.980. The Morgan fingerprint density at radius 1 is 1.11 bits per heavy atom. The van der Waals surface area contributed by atoms with Gasteiger partial charge in [0.2, 0.25) is 11.8 Å². The van der Waals surface area contributed by atoms with Gasteiger partial charge in [0.15, 0.2) is 0 Å². The van der Waals surface area contributed by atoms with Crippen LogP contribution in [0.25, 0.3) is 0 Å². The van der Waals surface area contributed by atoms with Gasteiger partial charge in [0.25, 0.3) is 5.69 Å². The molecule has 0 fully saturated rings. The van der Waals surface area contributed by atoms with E-state index in [1.54, 1.807) is 13.8 Å². The quantitative estimate of drug-likeness (QED) is 0.283. The number of carbonyl (C=O) groups excluding carboxylic acids is 3. The normalized spacial score (nSPS) is 10.0. The van der Waals surface area contributed by atoms with E-state index in [1.165, 1.54) is 29.2 Å². The fourth-order valence-electron chi connectivity index (χ4n) is 2.04. The molecule has 2 amide bonds. The van der Waals surface area contributed by atoms with Gasteiger partial charge < -0.3 is 19.7 Å². The molecule has 0 unspecified atom stereocenters. The number of nitrogens with one attached hydrogen (secondary N) is 1. The van der Waals surface area contributed by atoms with Gasteiger partial charge in [-0.2, -0.15) is 0 Å². The van der Waals surface area contributed by atoms with E-state index in [9.17, 15) is 24.5 Å². The second-order valence-corrected chi connectivity index (χ2v) is 5.39. The number of hydrogen-bond donors (Lipinski definition) is 1. The van der Waals surface area contributed by atoms with Crippen LogP contribution in [0, 0.1) is 10.1 Å². The van der Waals surface area contributed by atoms with Crippen LogP contribution in [0.4, 0.5) is 10.5 Å². The Labute approximate surface area is 156 Å². The largest absolute Gasteiger partial charge is 0.513 e. The van der Waals surface area contributed by atoms with Crippen molar-refractivity contribution in [3.8, 4) is 5.75 Å². The number of nitro groups is 1. The van der Waals surface area contributed by atoms with Crippen LogP contribution in [-0.4, -0.2) is 54.0 Å². The smallest absolute Gasteiger partial charge is 0.432 e. The molecule has 0 atom stereocenters. The lowest BCUT2D eigenvalue weighted by Crippen LogP contribution is -2.40. The van der Waals surface area contributed by atoms with Gasteiger partial charge >= 0.3 is 6.16 Å². The maximum Gasteiger partial charge on any atom is 0.513 e. The van der Waals surface area contributed by atoms with Crippen molar-refractivity contribution >= 4 is 23.7 Å². The number of nitro benzene ring substituents is 1. The second kappa shape index (κ2) is 11.4. The molecule has 0 spiro atoms. The van der Waals surface area contributed by atoms with Crippen LogP contribution in [0.1, 0.15) is 26.7 Å². The molecule has 10 heteroatoms. The lowest BCUT2D eigenvalue weighted by atomic mass is 10.3. The van der Waals surface area contributed by atoms with Gasteiger partial charge in [0.1, 0.15) is 12.4 Å².